The largest absolute Gasteiger partial charge is 0.497 e. The lowest BCUT2D eigenvalue weighted by molar-refractivity contribution is 0.0691. The number of aromatic carboxylic acids is 1. The molecule has 7 heteroatoms. The number of aromatic nitrogens is 1. The Kier molecular flexibility index (Phi) is 4.57. The summed E-state index contributed by atoms with van der Waals surface area (Å²) in [6.45, 7) is 0. The molecule has 0 saturated heterocycles. The molecule has 0 aliphatic carbocycles. The molecule has 0 bridgehead atoms. The van der Waals surface area contributed by atoms with Crippen molar-refractivity contribution in [2.75, 3.05) is 19.5 Å². The number of carbonyl (C=O) groups excluding carboxylic acids is 1. The Balaban J connectivity index is 2.31. The van der Waals surface area contributed by atoms with E-state index in [1.54, 1.807) is 18.2 Å². The third-order valence-corrected chi connectivity index (χ3v) is 2.86. The fraction of sp³-hybridized carbons (Fsp3) is 0.133. The van der Waals surface area contributed by atoms with Crippen LogP contribution in [0.1, 0.15) is 20.8 Å². The van der Waals surface area contributed by atoms with Crippen LogP contribution in [0.5, 0.6) is 11.5 Å². The van der Waals surface area contributed by atoms with Gasteiger partial charge in [0, 0.05) is 30.1 Å². The second-order valence-corrected chi connectivity index (χ2v) is 4.26. The van der Waals surface area contributed by atoms with Gasteiger partial charge in [0.1, 0.15) is 17.2 Å². The van der Waals surface area contributed by atoms with E-state index in [2.05, 4.69) is 10.3 Å². The number of hydrogen-bond donors (Lipinski definition) is 2. The minimum atomic E-state index is -1.22. The van der Waals surface area contributed by atoms with Crippen molar-refractivity contribution >= 4 is 17.6 Å². The first kappa shape index (κ1) is 15.3. The Morgan fingerprint density at radius 1 is 1.14 bits per heavy atom. The van der Waals surface area contributed by atoms with E-state index in [9.17, 15) is 9.59 Å². The predicted molar refractivity (Wildman–Crippen MR) is 78.7 cm³/mol. The molecule has 0 spiro atoms. The normalized spacial score (nSPS) is 9.91. The van der Waals surface area contributed by atoms with Gasteiger partial charge in [0.2, 0.25) is 0 Å². The molecule has 114 valence electrons. The van der Waals surface area contributed by atoms with Crippen LogP contribution < -0.4 is 14.8 Å². The topological polar surface area (TPSA) is 97.8 Å². The molecule has 0 saturated carbocycles. The summed E-state index contributed by atoms with van der Waals surface area (Å²) in [6.07, 6.45) is 1.35. The molecule has 1 aromatic carbocycles. The molecule has 0 atom stereocenters. The SMILES string of the molecule is COc1cc(NC(=O)c2ncccc2C(=O)O)cc(OC)c1. The lowest BCUT2D eigenvalue weighted by Gasteiger charge is -2.10. The molecule has 0 aliphatic heterocycles. The van der Waals surface area contributed by atoms with Crippen LogP contribution in [0.4, 0.5) is 5.69 Å². The summed E-state index contributed by atoms with van der Waals surface area (Å²) in [7, 11) is 2.98. The van der Waals surface area contributed by atoms with Crippen molar-refractivity contribution in [3.8, 4) is 11.5 Å². The maximum Gasteiger partial charge on any atom is 0.338 e. The highest BCUT2D eigenvalue weighted by Gasteiger charge is 2.18. The number of hydrogen-bond acceptors (Lipinski definition) is 5. The summed E-state index contributed by atoms with van der Waals surface area (Å²) in [5.74, 6) is -0.863. The monoisotopic (exact) mass is 302 g/mol. The first-order chi connectivity index (χ1) is 10.5. The molecular weight excluding hydrogens is 288 g/mol. The summed E-state index contributed by atoms with van der Waals surface area (Å²) >= 11 is 0. The summed E-state index contributed by atoms with van der Waals surface area (Å²) < 4.78 is 10.2. The number of anilines is 1. The van der Waals surface area contributed by atoms with Gasteiger partial charge in [0.05, 0.1) is 19.8 Å². The van der Waals surface area contributed by atoms with Gasteiger partial charge in [-0.1, -0.05) is 0 Å². The number of nitrogens with one attached hydrogen (secondary N) is 1. The lowest BCUT2D eigenvalue weighted by Crippen LogP contribution is -2.18. The molecule has 0 radical (unpaired) electrons. The van der Waals surface area contributed by atoms with Gasteiger partial charge in [-0.3, -0.25) is 9.78 Å². The average molecular weight is 302 g/mol. The molecule has 1 heterocycles. The van der Waals surface area contributed by atoms with E-state index in [0.717, 1.165) is 0 Å². The zero-order valence-electron chi connectivity index (χ0n) is 12.0. The fourth-order valence-corrected chi connectivity index (χ4v) is 1.83. The third kappa shape index (κ3) is 3.32. The van der Waals surface area contributed by atoms with Gasteiger partial charge in [-0.2, -0.15) is 0 Å². The van der Waals surface area contributed by atoms with Crippen molar-refractivity contribution in [3.63, 3.8) is 0 Å². The van der Waals surface area contributed by atoms with E-state index in [-0.39, 0.29) is 11.3 Å². The van der Waals surface area contributed by atoms with Crippen LogP contribution in [-0.4, -0.2) is 36.2 Å². The number of ether oxygens (including phenoxy) is 2. The average Bonchev–Trinajstić information content (AvgIpc) is 2.54. The molecule has 0 fully saturated rings. The van der Waals surface area contributed by atoms with Gasteiger partial charge in [0.25, 0.3) is 5.91 Å². The standard InChI is InChI=1S/C15H14N2O5/c1-21-10-6-9(7-11(8-10)22-2)17-14(18)13-12(15(19)20)4-3-5-16-13/h3-8H,1-2H3,(H,17,18)(H,19,20). The molecule has 22 heavy (non-hydrogen) atoms. The van der Waals surface area contributed by atoms with Gasteiger partial charge >= 0.3 is 5.97 Å². The van der Waals surface area contributed by atoms with E-state index >= 15 is 0 Å². The number of pyridine rings is 1. The Morgan fingerprint density at radius 2 is 1.77 bits per heavy atom. The number of carboxylic acid groups (broad SMARTS) is 1. The number of benzene rings is 1. The van der Waals surface area contributed by atoms with Gasteiger partial charge in [-0.05, 0) is 12.1 Å². The van der Waals surface area contributed by atoms with Crippen LogP contribution in [0.15, 0.2) is 36.5 Å². The minimum Gasteiger partial charge on any atom is -0.497 e. The molecular formula is C15H14N2O5. The van der Waals surface area contributed by atoms with Crippen molar-refractivity contribution in [3.05, 3.63) is 47.8 Å². The van der Waals surface area contributed by atoms with Crippen LogP contribution in [0.25, 0.3) is 0 Å². The molecule has 1 aromatic heterocycles. The molecule has 2 N–H and O–H groups in total. The molecule has 0 unspecified atom stereocenters. The van der Waals surface area contributed by atoms with E-state index in [4.69, 9.17) is 14.6 Å². The van der Waals surface area contributed by atoms with Crippen LogP contribution >= 0.6 is 0 Å². The molecule has 2 rings (SSSR count). The maximum atomic E-state index is 12.2. The summed E-state index contributed by atoms with van der Waals surface area (Å²) in [4.78, 5) is 27.2. The lowest BCUT2D eigenvalue weighted by atomic mass is 10.2. The van der Waals surface area contributed by atoms with Gasteiger partial charge in [-0.15, -0.1) is 0 Å². The van der Waals surface area contributed by atoms with Crippen LogP contribution in [0.3, 0.4) is 0 Å². The number of carbonyl (C=O) groups is 2. The second-order valence-electron chi connectivity index (χ2n) is 4.26. The number of nitrogens with zero attached hydrogens (tertiary/aromatic N) is 1. The molecule has 2 aromatic rings. The Bertz CT molecular complexity index is 693. The zero-order chi connectivity index (χ0) is 16.1. The number of rotatable bonds is 5. The quantitative estimate of drug-likeness (QED) is 0.877. The summed E-state index contributed by atoms with van der Waals surface area (Å²) in [5.41, 5.74) is 0.0647. The second kappa shape index (κ2) is 6.57. The number of amides is 1. The highest BCUT2D eigenvalue weighted by Crippen LogP contribution is 2.26. The van der Waals surface area contributed by atoms with Crippen molar-refractivity contribution in [2.45, 2.75) is 0 Å². The molecule has 0 aliphatic rings. The van der Waals surface area contributed by atoms with Crippen LogP contribution in [-0.2, 0) is 0 Å². The zero-order valence-corrected chi connectivity index (χ0v) is 12.0. The number of methoxy groups -OCH3 is 2. The van der Waals surface area contributed by atoms with Crippen molar-refractivity contribution in [1.29, 1.82) is 0 Å². The van der Waals surface area contributed by atoms with Crippen molar-refractivity contribution in [1.82, 2.24) is 4.98 Å². The van der Waals surface area contributed by atoms with E-state index in [1.807, 2.05) is 0 Å². The van der Waals surface area contributed by atoms with Crippen LogP contribution in [0, 0.1) is 0 Å². The maximum absolute atomic E-state index is 12.2. The van der Waals surface area contributed by atoms with Crippen molar-refractivity contribution < 1.29 is 24.2 Å². The molecule has 1 amide bonds. The van der Waals surface area contributed by atoms with E-state index in [1.165, 1.54) is 32.5 Å². The van der Waals surface area contributed by atoms with Crippen molar-refractivity contribution in [2.24, 2.45) is 0 Å². The first-order valence-corrected chi connectivity index (χ1v) is 6.28. The van der Waals surface area contributed by atoms with Gasteiger partial charge in [0.15, 0.2) is 0 Å². The van der Waals surface area contributed by atoms with Crippen LogP contribution in [0.2, 0.25) is 0 Å². The predicted octanol–water partition coefficient (Wildman–Crippen LogP) is 2.05. The van der Waals surface area contributed by atoms with Gasteiger partial charge in [-0.25, -0.2) is 4.79 Å². The summed E-state index contributed by atoms with van der Waals surface area (Å²) in [5, 5.41) is 11.7. The first-order valence-electron chi connectivity index (χ1n) is 6.28. The Morgan fingerprint density at radius 3 is 2.32 bits per heavy atom. The number of carboxylic acids is 1. The summed E-state index contributed by atoms with van der Waals surface area (Å²) in [6, 6.07) is 7.60. The third-order valence-electron chi connectivity index (χ3n) is 2.86. The Hall–Kier alpha value is -3.09. The minimum absolute atomic E-state index is 0.170. The highest BCUT2D eigenvalue weighted by molar-refractivity contribution is 6.09. The van der Waals surface area contributed by atoms with E-state index < -0.39 is 11.9 Å². The smallest absolute Gasteiger partial charge is 0.338 e. The fourth-order valence-electron chi connectivity index (χ4n) is 1.83. The van der Waals surface area contributed by atoms with E-state index in [0.29, 0.717) is 17.2 Å². The highest BCUT2D eigenvalue weighted by atomic mass is 16.5. The molecule has 7 nitrogen and oxygen atoms in total. The van der Waals surface area contributed by atoms with Gasteiger partial charge < -0.3 is 19.9 Å². The Labute approximate surface area is 126 Å².